The number of methoxy groups -OCH3 is 1. The Kier molecular flexibility index (Phi) is 4.75. The molecule has 31 heavy (non-hydrogen) atoms. The molecule has 0 unspecified atom stereocenters. The van der Waals surface area contributed by atoms with Crippen molar-refractivity contribution in [3.63, 3.8) is 0 Å². The molecular weight excluding hydrogens is 418 g/mol. The third-order valence-electron chi connectivity index (χ3n) is 6.61. The van der Waals surface area contributed by atoms with Crippen LogP contribution in [0.15, 0.2) is 42.5 Å². The van der Waals surface area contributed by atoms with Crippen molar-refractivity contribution < 1.29 is 19.1 Å². The van der Waals surface area contributed by atoms with Crippen molar-refractivity contribution in [2.24, 2.45) is 5.92 Å². The Morgan fingerprint density at radius 3 is 2.74 bits per heavy atom. The first-order chi connectivity index (χ1) is 14.9. The molecule has 8 heteroatoms. The molecule has 2 aromatic rings. The molecule has 1 spiro atoms. The monoisotopic (exact) mass is 439 g/mol. The molecule has 0 radical (unpaired) electrons. The van der Waals surface area contributed by atoms with Crippen LogP contribution in [0.5, 0.6) is 0 Å². The molecule has 3 aliphatic rings. The molecule has 7 nitrogen and oxygen atoms in total. The molecule has 2 aromatic carbocycles. The number of halogens is 1. The maximum absolute atomic E-state index is 13.3. The number of ether oxygens (including phenoxy) is 1. The Balaban J connectivity index is 1.34. The van der Waals surface area contributed by atoms with Crippen molar-refractivity contribution in [1.82, 2.24) is 10.2 Å². The Morgan fingerprint density at radius 2 is 2.00 bits per heavy atom. The molecule has 0 saturated carbocycles. The molecule has 2 fully saturated rings. The number of amides is 2. The van der Waals surface area contributed by atoms with E-state index >= 15 is 0 Å². The van der Waals surface area contributed by atoms with Gasteiger partial charge in [-0.3, -0.25) is 14.9 Å². The number of carbonyl (C=O) groups is 3. The Bertz CT molecular complexity index is 1090. The molecule has 3 atom stereocenters. The van der Waals surface area contributed by atoms with Crippen LogP contribution >= 0.6 is 11.6 Å². The summed E-state index contributed by atoms with van der Waals surface area (Å²) in [5.41, 5.74) is 2.10. The predicted octanol–water partition coefficient (Wildman–Crippen LogP) is 2.68. The van der Waals surface area contributed by atoms with E-state index < -0.39 is 5.54 Å². The lowest BCUT2D eigenvalue weighted by Crippen LogP contribution is -2.50. The van der Waals surface area contributed by atoms with Gasteiger partial charge in [-0.25, -0.2) is 4.79 Å². The van der Waals surface area contributed by atoms with Crippen molar-refractivity contribution in [3.8, 4) is 0 Å². The van der Waals surface area contributed by atoms with Gasteiger partial charge < -0.3 is 15.0 Å². The van der Waals surface area contributed by atoms with E-state index in [1.807, 2.05) is 23.1 Å². The van der Waals surface area contributed by atoms with Gasteiger partial charge in [0.25, 0.3) is 0 Å². The highest BCUT2D eigenvalue weighted by atomic mass is 35.5. The van der Waals surface area contributed by atoms with E-state index in [1.54, 1.807) is 24.3 Å². The number of anilines is 1. The Morgan fingerprint density at radius 1 is 1.23 bits per heavy atom. The number of esters is 1. The summed E-state index contributed by atoms with van der Waals surface area (Å²) in [6.45, 7) is 1.08. The average Bonchev–Trinajstić information content (AvgIpc) is 3.28. The normalized spacial score (nSPS) is 26.6. The van der Waals surface area contributed by atoms with Crippen LogP contribution in [-0.4, -0.2) is 42.4 Å². The summed E-state index contributed by atoms with van der Waals surface area (Å²) in [4.78, 5) is 39.7. The highest BCUT2D eigenvalue weighted by Crippen LogP contribution is 2.47. The van der Waals surface area contributed by atoms with Crippen molar-refractivity contribution in [3.05, 3.63) is 64.2 Å². The van der Waals surface area contributed by atoms with E-state index in [4.69, 9.17) is 16.3 Å². The van der Waals surface area contributed by atoms with Crippen LogP contribution < -0.4 is 10.6 Å². The molecule has 2 saturated heterocycles. The minimum Gasteiger partial charge on any atom is -0.465 e. The third kappa shape index (κ3) is 3.20. The van der Waals surface area contributed by atoms with Gasteiger partial charge in [0.1, 0.15) is 5.54 Å². The molecule has 2 amide bonds. The molecule has 0 aromatic heterocycles. The predicted molar refractivity (Wildman–Crippen MR) is 115 cm³/mol. The Labute approximate surface area is 184 Å². The van der Waals surface area contributed by atoms with Crippen molar-refractivity contribution >= 4 is 35.1 Å². The lowest BCUT2D eigenvalue weighted by molar-refractivity contribution is -0.139. The number of fused-ring (bicyclic) bond motifs is 3. The summed E-state index contributed by atoms with van der Waals surface area (Å²) < 4.78 is 4.73. The Hall–Kier alpha value is -2.90. The quantitative estimate of drug-likeness (QED) is 0.718. The number of piperidine rings is 1. The lowest BCUT2D eigenvalue weighted by atomic mass is 9.84. The maximum atomic E-state index is 13.3. The van der Waals surface area contributed by atoms with Gasteiger partial charge in [-0.1, -0.05) is 29.8 Å². The first kappa shape index (κ1) is 20.0. The second kappa shape index (κ2) is 7.35. The molecule has 0 bridgehead atoms. The zero-order valence-electron chi connectivity index (χ0n) is 17.0. The summed E-state index contributed by atoms with van der Waals surface area (Å²) in [6.07, 6.45) is 1.20. The topological polar surface area (TPSA) is 87.7 Å². The van der Waals surface area contributed by atoms with Gasteiger partial charge in [0.05, 0.1) is 18.6 Å². The number of hydrogen-bond acceptors (Lipinski definition) is 5. The first-order valence-corrected chi connectivity index (χ1v) is 10.6. The van der Waals surface area contributed by atoms with Crippen LogP contribution in [0.1, 0.15) is 34.3 Å². The van der Waals surface area contributed by atoms with Gasteiger partial charge in [0.15, 0.2) is 0 Å². The van der Waals surface area contributed by atoms with Gasteiger partial charge in [-0.05, 0) is 42.7 Å². The molecule has 0 aliphatic carbocycles. The number of rotatable bonds is 3. The van der Waals surface area contributed by atoms with E-state index in [0.717, 1.165) is 17.5 Å². The highest BCUT2D eigenvalue weighted by Gasteiger charge is 2.58. The smallest absolute Gasteiger partial charge is 0.337 e. The summed E-state index contributed by atoms with van der Waals surface area (Å²) in [5.74, 6) is -0.734. The van der Waals surface area contributed by atoms with Gasteiger partial charge in [-0.15, -0.1) is 0 Å². The number of nitrogens with zero attached hydrogens (tertiary/aromatic N) is 1. The van der Waals surface area contributed by atoms with Crippen LogP contribution in [0.3, 0.4) is 0 Å². The summed E-state index contributed by atoms with van der Waals surface area (Å²) in [6, 6.07) is 12.4. The fourth-order valence-corrected chi connectivity index (χ4v) is 5.22. The number of benzene rings is 2. The minimum atomic E-state index is -0.886. The molecule has 2 N–H and O–H groups in total. The minimum absolute atomic E-state index is 0.0437. The number of hydrogen-bond donors (Lipinski definition) is 2. The number of carbonyl (C=O) groups excluding carboxylic acids is 3. The molecule has 3 aliphatic heterocycles. The van der Waals surface area contributed by atoms with Crippen LogP contribution in [0.4, 0.5) is 5.69 Å². The first-order valence-electron chi connectivity index (χ1n) is 10.3. The highest BCUT2D eigenvalue weighted by molar-refractivity contribution is 6.31. The fraction of sp³-hybridized carbons (Fsp3) is 0.348. The zero-order chi connectivity index (χ0) is 21.8. The zero-order valence-corrected chi connectivity index (χ0v) is 17.7. The van der Waals surface area contributed by atoms with E-state index in [-0.39, 0.29) is 29.7 Å². The molecule has 3 heterocycles. The number of nitrogens with one attached hydrogen (secondary N) is 2. The van der Waals surface area contributed by atoms with Crippen LogP contribution in [0.25, 0.3) is 0 Å². The van der Waals surface area contributed by atoms with Gasteiger partial charge in [0, 0.05) is 35.4 Å². The number of likely N-dealkylation sites (tertiary alicyclic amines) is 1. The fourth-order valence-electron chi connectivity index (χ4n) is 5.05. The van der Waals surface area contributed by atoms with E-state index in [0.29, 0.717) is 35.8 Å². The van der Waals surface area contributed by atoms with Crippen molar-refractivity contribution in [1.29, 1.82) is 0 Å². The average molecular weight is 440 g/mol. The van der Waals surface area contributed by atoms with Gasteiger partial charge in [-0.2, -0.15) is 0 Å². The van der Waals surface area contributed by atoms with E-state index in [1.165, 1.54) is 7.11 Å². The van der Waals surface area contributed by atoms with Crippen molar-refractivity contribution in [2.75, 3.05) is 19.0 Å². The summed E-state index contributed by atoms with van der Waals surface area (Å²) >= 11 is 6.08. The molecule has 160 valence electrons. The molecule has 5 rings (SSSR count). The second-order valence-corrected chi connectivity index (χ2v) is 8.78. The standard InChI is InChI=1S/C23H22ClN3O4/c1-31-21(29)14-4-2-13(3-5-14)12-27-9-8-18-16(20(27)28)11-23(26-18)17-7-6-15(24)10-19(17)25-22(23)30/h2-7,10,16,18,26H,8-9,11-12H2,1H3,(H,25,30)/t16-,18-,23+/m1/s1. The van der Waals surface area contributed by atoms with Crippen LogP contribution in [0.2, 0.25) is 5.02 Å². The van der Waals surface area contributed by atoms with Crippen LogP contribution in [-0.2, 0) is 26.4 Å². The van der Waals surface area contributed by atoms with Gasteiger partial charge >= 0.3 is 5.97 Å². The largest absolute Gasteiger partial charge is 0.465 e. The SMILES string of the molecule is COC(=O)c1ccc(CN2CC[C@H]3N[C@]4(C[C@H]3C2=O)C(=O)Nc2cc(Cl)ccc24)cc1. The van der Waals surface area contributed by atoms with Gasteiger partial charge in [0.2, 0.25) is 11.8 Å². The second-order valence-electron chi connectivity index (χ2n) is 8.35. The maximum Gasteiger partial charge on any atom is 0.337 e. The van der Waals surface area contributed by atoms with E-state index in [2.05, 4.69) is 10.6 Å². The third-order valence-corrected chi connectivity index (χ3v) is 6.84. The lowest BCUT2D eigenvalue weighted by Gasteiger charge is -2.34. The summed E-state index contributed by atoms with van der Waals surface area (Å²) in [5, 5.41) is 6.96. The summed E-state index contributed by atoms with van der Waals surface area (Å²) in [7, 11) is 1.35. The molecular formula is C23H22ClN3O4. The van der Waals surface area contributed by atoms with E-state index in [9.17, 15) is 14.4 Å². The van der Waals surface area contributed by atoms with Crippen molar-refractivity contribution in [2.45, 2.75) is 31.0 Å². The van der Waals surface area contributed by atoms with Crippen LogP contribution in [0, 0.1) is 5.92 Å².